The molecule has 0 aromatic heterocycles. The Labute approximate surface area is 54.3 Å². The van der Waals surface area contributed by atoms with Crippen LogP contribution in [0.15, 0.2) is 0 Å². The fraction of sp³-hybridized carbons (Fsp3) is 1.00. The van der Waals surface area contributed by atoms with Crippen molar-refractivity contribution >= 4 is 15.9 Å². The van der Waals surface area contributed by atoms with Crippen molar-refractivity contribution in [3.05, 3.63) is 0 Å². The van der Waals surface area contributed by atoms with Gasteiger partial charge in [0.2, 0.25) is 0 Å². The maximum absolute atomic E-state index is 7.15. The van der Waals surface area contributed by atoms with Crippen LogP contribution in [-0.2, 0) is 0 Å². The van der Waals surface area contributed by atoms with Gasteiger partial charge in [0.25, 0.3) is 0 Å². The van der Waals surface area contributed by atoms with E-state index in [0.29, 0.717) is 0 Å². The van der Waals surface area contributed by atoms with Gasteiger partial charge in [-0.1, -0.05) is 29.2 Å². The Balaban J connectivity index is 5.30. The molecule has 0 spiro atoms. The molecule has 0 fully saturated rings. The predicted molar refractivity (Wildman–Crippen MR) is 28.7 cm³/mol. The summed E-state index contributed by atoms with van der Waals surface area (Å²) in [6.07, 6.45) is -6.43. The number of halogens is 1. The predicted octanol–water partition coefficient (Wildman–Crippen LogP) is 2.18. The van der Waals surface area contributed by atoms with Crippen LogP contribution in [0, 0.1) is 0 Å². The van der Waals surface area contributed by atoms with Crippen LogP contribution in [0.4, 0.5) is 0 Å². The van der Waals surface area contributed by atoms with Crippen molar-refractivity contribution in [2.75, 3.05) is 5.28 Å². The number of rotatable bonds is 2. The van der Waals surface area contributed by atoms with Crippen molar-refractivity contribution < 1.29 is 12.3 Å². The Morgan fingerprint density at radius 2 is 3.00 bits per heavy atom. The standard InChI is InChI=1S/C4H9Br/c1-2-3-4-5/h2-4H2,1H3/i1D3,2D2,3D2,4D2. The molecule has 0 nitrogen and oxygen atoms in total. The first kappa shape index (κ1) is 0.605. The van der Waals surface area contributed by atoms with Gasteiger partial charge in [0.05, 0.1) is 0 Å². The van der Waals surface area contributed by atoms with Gasteiger partial charge in [-0.15, -0.1) is 0 Å². The molecule has 5 heavy (non-hydrogen) atoms. The van der Waals surface area contributed by atoms with Crippen molar-refractivity contribution in [2.45, 2.75) is 19.6 Å². The Bertz CT molecular complexity index is 186. The molecule has 0 unspecified atom stereocenters. The van der Waals surface area contributed by atoms with Gasteiger partial charge in [-0.2, -0.15) is 0 Å². The quantitative estimate of drug-likeness (QED) is 0.524. The lowest BCUT2D eigenvalue weighted by Crippen LogP contribution is -1.64. The summed E-state index contributed by atoms with van der Waals surface area (Å²) in [5.41, 5.74) is 0. The highest BCUT2D eigenvalue weighted by molar-refractivity contribution is 9.09. The molecule has 0 heterocycles. The highest BCUT2D eigenvalue weighted by Crippen LogP contribution is 1.89. The van der Waals surface area contributed by atoms with E-state index in [-0.39, 0.29) is 0 Å². The first-order valence-corrected chi connectivity index (χ1v) is 1.73. The molecular weight excluding hydrogens is 128 g/mol. The number of alkyl halides is 1. The minimum Gasteiger partial charge on any atom is -0.0928 e. The zero-order valence-electron chi connectivity index (χ0n) is 11.4. The van der Waals surface area contributed by atoms with Crippen LogP contribution in [0.25, 0.3) is 0 Å². The summed E-state index contributed by atoms with van der Waals surface area (Å²) >= 11 is 2.30. The summed E-state index contributed by atoms with van der Waals surface area (Å²) in [6.45, 7) is -3.22. The van der Waals surface area contributed by atoms with Gasteiger partial charge < -0.3 is 0 Å². The molecule has 0 atom stereocenters. The van der Waals surface area contributed by atoms with E-state index in [1.165, 1.54) is 0 Å². The zero-order chi connectivity index (χ0) is 12.0. The third kappa shape index (κ3) is 4.48. The van der Waals surface area contributed by atoms with E-state index >= 15 is 0 Å². The summed E-state index contributed by atoms with van der Waals surface area (Å²) in [5.74, 6) is 0. The van der Waals surface area contributed by atoms with Gasteiger partial charge >= 0.3 is 0 Å². The van der Waals surface area contributed by atoms with Gasteiger partial charge in [0.15, 0.2) is 0 Å². The zero-order valence-corrected chi connectivity index (χ0v) is 3.96. The first-order chi connectivity index (χ1) is 5.75. The van der Waals surface area contributed by atoms with Crippen LogP contribution in [0.5, 0.6) is 0 Å². The van der Waals surface area contributed by atoms with Gasteiger partial charge in [-0.25, -0.2) is 0 Å². The van der Waals surface area contributed by atoms with E-state index in [1.54, 1.807) is 0 Å². The highest BCUT2D eigenvalue weighted by atomic mass is 79.9. The maximum atomic E-state index is 7.15. The second-order valence-corrected chi connectivity index (χ2v) is 0.741. The normalized spacial score (nSPS) is 46.2. The van der Waals surface area contributed by atoms with Crippen LogP contribution in [-0.4, -0.2) is 5.28 Å². The topological polar surface area (TPSA) is 0 Å². The smallest absolute Gasteiger partial charge is 0.0387 e. The monoisotopic (exact) mass is 145 g/mol. The van der Waals surface area contributed by atoms with E-state index in [0.717, 1.165) is 0 Å². The van der Waals surface area contributed by atoms with E-state index in [9.17, 15) is 0 Å². The molecule has 0 saturated heterocycles. The Morgan fingerprint density at radius 3 is 3.20 bits per heavy atom. The molecule has 0 aliphatic carbocycles. The molecule has 32 valence electrons. The maximum Gasteiger partial charge on any atom is 0.0387 e. The Hall–Kier alpha value is 0.480. The third-order valence-electron chi connectivity index (χ3n) is 0.110. The fourth-order valence-corrected chi connectivity index (χ4v) is 0.123. The Kier molecular flexibility index (Phi) is 0.542. The molecule has 0 saturated carbocycles. The van der Waals surface area contributed by atoms with E-state index < -0.39 is 24.9 Å². The number of hydrogen-bond acceptors (Lipinski definition) is 0. The van der Waals surface area contributed by atoms with E-state index in [4.69, 9.17) is 12.3 Å². The Morgan fingerprint density at radius 1 is 2.20 bits per heavy atom. The van der Waals surface area contributed by atoms with Crippen LogP contribution in [0.3, 0.4) is 0 Å². The lowest BCUT2D eigenvalue weighted by atomic mass is 10.4. The van der Waals surface area contributed by atoms with Gasteiger partial charge in [0, 0.05) is 17.6 Å². The number of hydrogen-bond donors (Lipinski definition) is 0. The second-order valence-electron chi connectivity index (χ2n) is 0.344. The SMILES string of the molecule is [2H]C([2H])([2H])C([2H])([2H])C([2H])([2H])C([2H])([2H])Br. The minimum atomic E-state index is -3.27. The molecule has 0 bridgehead atoms. The summed E-state index contributed by atoms with van der Waals surface area (Å²) in [7, 11) is 0. The van der Waals surface area contributed by atoms with Gasteiger partial charge in [-0.3, -0.25) is 0 Å². The summed E-state index contributed by atoms with van der Waals surface area (Å²) in [5, 5.41) is -2.75. The van der Waals surface area contributed by atoms with Gasteiger partial charge in [0.1, 0.15) is 0 Å². The molecule has 0 aromatic rings. The van der Waals surface area contributed by atoms with Crippen molar-refractivity contribution in [1.29, 1.82) is 0 Å². The highest BCUT2D eigenvalue weighted by Gasteiger charge is 1.69. The van der Waals surface area contributed by atoms with E-state index in [1.807, 2.05) is 0 Å². The fourth-order valence-electron chi connectivity index (χ4n) is 0.0236. The summed E-state index contributed by atoms with van der Waals surface area (Å²) in [6, 6.07) is 0. The minimum absolute atomic E-state index is 2.30. The second kappa shape index (κ2) is 4.48. The average molecular weight is 146 g/mol. The van der Waals surface area contributed by atoms with Crippen LogP contribution >= 0.6 is 15.9 Å². The molecular formula is C4H9Br. The molecule has 0 aliphatic rings. The molecule has 0 rings (SSSR count). The molecule has 0 amide bonds. The lowest BCUT2D eigenvalue weighted by molar-refractivity contribution is 0.902. The summed E-state index contributed by atoms with van der Waals surface area (Å²) < 4.78 is 62.9. The third-order valence-corrected chi connectivity index (χ3v) is 0.308. The van der Waals surface area contributed by atoms with Crippen molar-refractivity contribution in [1.82, 2.24) is 0 Å². The van der Waals surface area contributed by atoms with Crippen LogP contribution in [0.1, 0.15) is 31.9 Å². The van der Waals surface area contributed by atoms with Crippen molar-refractivity contribution in [3.8, 4) is 0 Å². The van der Waals surface area contributed by atoms with Crippen LogP contribution in [0.2, 0.25) is 0 Å². The van der Waals surface area contributed by atoms with E-state index in [2.05, 4.69) is 15.9 Å². The summed E-state index contributed by atoms with van der Waals surface area (Å²) in [4.78, 5) is 0. The molecule has 1 heteroatoms. The molecule has 0 aromatic carbocycles. The van der Waals surface area contributed by atoms with Gasteiger partial charge in [-0.05, 0) is 6.37 Å². The van der Waals surface area contributed by atoms with Crippen molar-refractivity contribution in [2.24, 2.45) is 0 Å². The lowest BCUT2D eigenvalue weighted by Gasteiger charge is -1.77. The van der Waals surface area contributed by atoms with Crippen molar-refractivity contribution in [3.63, 3.8) is 0 Å². The average Bonchev–Trinajstić information content (AvgIpc) is 1.81. The molecule has 0 radical (unpaired) electrons. The van der Waals surface area contributed by atoms with Crippen LogP contribution < -0.4 is 0 Å². The largest absolute Gasteiger partial charge is 0.0928 e. The molecule has 0 N–H and O–H groups in total. The molecule has 0 aliphatic heterocycles. The first-order valence-electron chi connectivity index (χ1n) is 5.44.